The molecule has 0 radical (unpaired) electrons. The SMILES string of the molecule is CN(C)c1nc(N)nc(COc2cccc(NC(=O)C3(O)CCSCC3)c2)n1. The van der Waals surface area contributed by atoms with E-state index in [4.69, 9.17) is 10.5 Å². The van der Waals surface area contributed by atoms with Crippen molar-refractivity contribution in [1.82, 2.24) is 15.0 Å². The zero-order chi connectivity index (χ0) is 20.1. The van der Waals surface area contributed by atoms with E-state index in [0.29, 0.717) is 36.1 Å². The monoisotopic (exact) mass is 404 g/mol. The van der Waals surface area contributed by atoms with Crippen LogP contribution < -0.4 is 20.7 Å². The van der Waals surface area contributed by atoms with Gasteiger partial charge in [0.05, 0.1) is 0 Å². The smallest absolute Gasteiger partial charge is 0.256 e. The number of nitrogens with one attached hydrogen (secondary N) is 1. The van der Waals surface area contributed by atoms with Gasteiger partial charge in [-0.25, -0.2) is 0 Å². The number of nitrogens with zero attached hydrogens (tertiary/aromatic N) is 4. The van der Waals surface area contributed by atoms with Gasteiger partial charge < -0.3 is 25.8 Å². The van der Waals surface area contributed by atoms with Gasteiger partial charge >= 0.3 is 0 Å². The Morgan fingerprint density at radius 1 is 1.32 bits per heavy atom. The summed E-state index contributed by atoms with van der Waals surface area (Å²) in [7, 11) is 3.62. The predicted octanol–water partition coefficient (Wildman–Crippen LogP) is 1.30. The molecule has 1 fully saturated rings. The van der Waals surface area contributed by atoms with E-state index >= 15 is 0 Å². The third kappa shape index (κ3) is 5.02. The Hall–Kier alpha value is -2.59. The number of carbonyl (C=O) groups excluding carboxylic acids is 1. The van der Waals surface area contributed by atoms with Crippen molar-refractivity contribution in [3.63, 3.8) is 0 Å². The number of thioether (sulfide) groups is 1. The average Bonchev–Trinajstić information content (AvgIpc) is 2.67. The Morgan fingerprint density at radius 3 is 2.79 bits per heavy atom. The summed E-state index contributed by atoms with van der Waals surface area (Å²) in [4.78, 5) is 26.6. The Morgan fingerprint density at radius 2 is 2.07 bits per heavy atom. The zero-order valence-corrected chi connectivity index (χ0v) is 16.7. The van der Waals surface area contributed by atoms with Crippen molar-refractivity contribution in [3.05, 3.63) is 30.1 Å². The van der Waals surface area contributed by atoms with Gasteiger partial charge in [0.2, 0.25) is 11.9 Å². The van der Waals surface area contributed by atoms with E-state index in [1.165, 1.54) is 0 Å². The van der Waals surface area contributed by atoms with E-state index in [-0.39, 0.29) is 18.5 Å². The third-order valence-electron chi connectivity index (χ3n) is 4.29. The van der Waals surface area contributed by atoms with Crippen molar-refractivity contribution in [2.45, 2.75) is 25.0 Å². The number of anilines is 3. The van der Waals surface area contributed by atoms with Crippen molar-refractivity contribution in [2.75, 3.05) is 41.6 Å². The first-order valence-electron chi connectivity index (χ1n) is 8.88. The van der Waals surface area contributed by atoms with Crippen LogP contribution in [0.5, 0.6) is 5.75 Å². The van der Waals surface area contributed by atoms with Crippen molar-refractivity contribution >= 4 is 35.3 Å². The summed E-state index contributed by atoms with van der Waals surface area (Å²) >= 11 is 1.74. The van der Waals surface area contributed by atoms with E-state index in [1.54, 1.807) is 40.9 Å². The van der Waals surface area contributed by atoms with Crippen LogP contribution in [0.3, 0.4) is 0 Å². The van der Waals surface area contributed by atoms with Crippen molar-refractivity contribution in [3.8, 4) is 5.75 Å². The topological polar surface area (TPSA) is 126 Å². The fourth-order valence-electron chi connectivity index (χ4n) is 2.68. The molecule has 0 unspecified atom stereocenters. The predicted molar refractivity (Wildman–Crippen MR) is 109 cm³/mol. The van der Waals surface area contributed by atoms with Crippen molar-refractivity contribution < 1.29 is 14.6 Å². The van der Waals surface area contributed by atoms with Crippen LogP contribution in [-0.2, 0) is 11.4 Å². The minimum Gasteiger partial charge on any atom is -0.486 e. The second-order valence-electron chi connectivity index (χ2n) is 6.72. The molecule has 0 saturated carbocycles. The molecule has 2 aromatic rings. The molecule has 1 aromatic heterocycles. The lowest BCUT2D eigenvalue weighted by atomic mass is 9.95. The highest BCUT2D eigenvalue weighted by Gasteiger charge is 2.37. The van der Waals surface area contributed by atoms with Gasteiger partial charge in [-0.2, -0.15) is 26.7 Å². The maximum absolute atomic E-state index is 12.5. The first-order chi connectivity index (χ1) is 13.4. The van der Waals surface area contributed by atoms with E-state index in [0.717, 1.165) is 11.5 Å². The molecule has 9 nitrogen and oxygen atoms in total. The number of aromatic nitrogens is 3. The summed E-state index contributed by atoms with van der Waals surface area (Å²) in [5.41, 5.74) is 4.95. The number of amides is 1. The summed E-state index contributed by atoms with van der Waals surface area (Å²) < 4.78 is 5.73. The Bertz CT molecular complexity index is 842. The largest absolute Gasteiger partial charge is 0.486 e. The van der Waals surface area contributed by atoms with Gasteiger partial charge in [0.15, 0.2) is 5.82 Å². The molecule has 1 saturated heterocycles. The van der Waals surface area contributed by atoms with Gasteiger partial charge in [-0.3, -0.25) is 4.79 Å². The third-order valence-corrected chi connectivity index (χ3v) is 5.28. The first-order valence-corrected chi connectivity index (χ1v) is 10.0. The normalized spacial score (nSPS) is 15.7. The molecule has 0 aliphatic carbocycles. The van der Waals surface area contributed by atoms with Crippen LogP contribution in [-0.4, -0.2) is 57.2 Å². The number of ether oxygens (including phenoxy) is 1. The number of hydrogen-bond acceptors (Lipinski definition) is 9. The summed E-state index contributed by atoms with van der Waals surface area (Å²) in [6, 6.07) is 6.96. The number of hydrogen-bond donors (Lipinski definition) is 3. The van der Waals surface area contributed by atoms with E-state index in [9.17, 15) is 9.90 Å². The van der Waals surface area contributed by atoms with Gasteiger partial charge in [0.1, 0.15) is 18.0 Å². The molecular formula is C18H24N6O3S. The molecular weight excluding hydrogens is 380 g/mol. The quantitative estimate of drug-likeness (QED) is 0.653. The van der Waals surface area contributed by atoms with Crippen LogP contribution in [0.4, 0.5) is 17.6 Å². The lowest BCUT2D eigenvalue weighted by Gasteiger charge is -2.30. The van der Waals surface area contributed by atoms with Crippen LogP contribution in [0, 0.1) is 0 Å². The fraction of sp³-hybridized carbons (Fsp3) is 0.444. The summed E-state index contributed by atoms with van der Waals surface area (Å²) in [6.07, 6.45) is 0.906. The number of aliphatic hydroxyl groups is 1. The highest BCUT2D eigenvalue weighted by molar-refractivity contribution is 7.99. The lowest BCUT2D eigenvalue weighted by molar-refractivity contribution is -0.134. The maximum atomic E-state index is 12.5. The van der Waals surface area contributed by atoms with Crippen LogP contribution in [0.2, 0.25) is 0 Å². The summed E-state index contributed by atoms with van der Waals surface area (Å²) in [6.45, 7) is 0.103. The van der Waals surface area contributed by atoms with Gasteiger partial charge in [0.25, 0.3) is 5.91 Å². The molecule has 1 aliphatic heterocycles. The molecule has 2 heterocycles. The van der Waals surface area contributed by atoms with Gasteiger partial charge in [0, 0.05) is 25.8 Å². The zero-order valence-electron chi connectivity index (χ0n) is 15.9. The number of carbonyl (C=O) groups is 1. The van der Waals surface area contributed by atoms with Crippen LogP contribution in [0.25, 0.3) is 0 Å². The number of nitrogens with two attached hydrogens (primary N) is 1. The average molecular weight is 404 g/mol. The minimum absolute atomic E-state index is 0.103. The molecule has 1 aliphatic rings. The molecule has 0 spiro atoms. The van der Waals surface area contributed by atoms with Crippen LogP contribution >= 0.6 is 11.8 Å². The molecule has 0 bridgehead atoms. The van der Waals surface area contributed by atoms with E-state index in [2.05, 4.69) is 20.3 Å². The van der Waals surface area contributed by atoms with Gasteiger partial charge in [-0.15, -0.1) is 0 Å². The molecule has 28 heavy (non-hydrogen) atoms. The number of rotatable bonds is 6. The van der Waals surface area contributed by atoms with Gasteiger partial charge in [-0.1, -0.05) is 6.07 Å². The van der Waals surface area contributed by atoms with Crippen molar-refractivity contribution in [1.29, 1.82) is 0 Å². The van der Waals surface area contributed by atoms with Crippen molar-refractivity contribution in [2.24, 2.45) is 0 Å². The Labute approximate surface area is 167 Å². The highest BCUT2D eigenvalue weighted by Crippen LogP contribution is 2.28. The molecule has 0 atom stereocenters. The van der Waals surface area contributed by atoms with Crippen LogP contribution in [0.15, 0.2) is 24.3 Å². The molecule has 4 N–H and O–H groups in total. The van der Waals surface area contributed by atoms with Gasteiger partial charge in [-0.05, 0) is 36.5 Å². The first kappa shape index (κ1) is 20.2. The molecule has 10 heteroatoms. The maximum Gasteiger partial charge on any atom is 0.256 e. The fourth-order valence-corrected chi connectivity index (χ4v) is 3.85. The minimum atomic E-state index is -1.31. The van der Waals surface area contributed by atoms with Crippen LogP contribution in [0.1, 0.15) is 18.7 Å². The summed E-state index contributed by atoms with van der Waals surface area (Å²) in [5.74, 6) is 2.68. The Balaban J connectivity index is 1.64. The summed E-state index contributed by atoms with van der Waals surface area (Å²) in [5, 5.41) is 13.3. The lowest BCUT2D eigenvalue weighted by Crippen LogP contribution is -2.45. The highest BCUT2D eigenvalue weighted by atomic mass is 32.2. The molecule has 1 amide bonds. The van der Waals surface area contributed by atoms with E-state index < -0.39 is 5.60 Å². The van der Waals surface area contributed by atoms with E-state index in [1.807, 2.05) is 14.1 Å². The second kappa shape index (κ2) is 8.61. The Kier molecular flexibility index (Phi) is 6.20. The number of benzene rings is 1. The molecule has 3 rings (SSSR count). The standard InChI is InChI=1S/C18H24N6O3S/c1-24(2)17-22-14(21-16(19)23-17)11-27-13-5-3-4-12(10-13)20-15(25)18(26)6-8-28-9-7-18/h3-5,10,26H,6-9,11H2,1-2H3,(H,20,25)(H2,19,21,22,23). The molecule has 150 valence electrons. The number of nitrogen functional groups attached to an aromatic ring is 1. The second-order valence-corrected chi connectivity index (χ2v) is 7.94. The molecule has 1 aromatic carbocycles.